The Morgan fingerprint density at radius 3 is 2.88 bits per heavy atom. The van der Waals surface area contributed by atoms with Gasteiger partial charge in [0, 0.05) is 23.6 Å². The van der Waals surface area contributed by atoms with Crippen LogP contribution in [0.2, 0.25) is 0 Å². The highest BCUT2D eigenvalue weighted by atomic mass is 32.1. The molecule has 1 saturated carbocycles. The maximum absolute atomic E-state index is 10.7. The first-order chi connectivity index (χ1) is 8.24. The maximum atomic E-state index is 10.7. The molecule has 0 atom stereocenters. The summed E-state index contributed by atoms with van der Waals surface area (Å²) in [4.78, 5) is 11.3. The Kier molecular flexibility index (Phi) is 2.40. The Labute approximate surface area is 102 Å². The summed E-state index contributed by atoms with van der Waals surface area (Å²) in [7, 11) is 0. The van der Waals surface area contributed by atoms with Crippen LogP contribution in [0.3, 0.4) is 0 Å². The largest absolute Gasteiger partial charge is 0.270 e. The molecule has 0 unspecified atom stereocenters. The summed E-state index contributed by atoms with van der Waals surface area (Å²) in [6.45, 7) is 0. The molecular formula is C12H10N2O2S. The highest BCUT2D eigenvalue weighted by Crippen LogP contribution is 2.41. The summed E-state index contributed by atoms with van der Waals surface area (Å²) in [5, 5.41) is 10.7. The fourth-order valence-electron chi connectivity index (χ4n) is 1.77. The molecule has 1 aromatic heterocycles. The van der Waals surface area contributed by atoms with E-state index < -0.39 is 0 Å². The molecule has 1 aliphatic rings. The minimum Gasteiger partial charge on any atom is -0.258 e. The van der Waals surface area contributed by atoms with Crippen LogP contribution in [0.1, 0.15) is 24.5 Å². The van der Waals surface area contributed by atoms with Crippen LogP contribution >= 0.6 is 11.5 Å². The highest BCUT2D eigenvalue weighted by Gasteiger charge is 2.26. The third-order valence-corrected chi connectivity index (χ3v) is 3.72. The summed E-state index contributed by atoms with van der Waals surface area (Å²) >= 11 is 1.42. The number of aromatic nitrogens is 1. The monoisotopic (exact) mass is 246 g/mol. The van der Waals surface area contributed by atoms with Gasteiger partial charge in [0.2, 0.25) is 0 Å². The van der Waals surface area contributed by atoms with Crippen molar-refractivity contribution < 1.29 is 4.92 Å². The molecule has 0 bridgehead atoms. The summed E-state index contributed by atoms with van der Waals surface area (Å²) in [5.41, 5.74) is 2.14. The van der Waals surface area contributed by atoms with Crippen LogP contribution in [-0.4, -0.2) is 9.30 Å². The van der Waals surface area contributed by atoms with Gasteiger partial charge in [-0.2, -0.15) is 4.37 Å². The van der Waals surface area contributed by atoms with Gasteiger partial charge < -0.3 is 0 Å². The number of hydrogen-bond donors (Lipinski definition) is 0. The molecule has 1 aliphatic carbocycles. The number of nitrogens with zero attached hydrogens (tertiary/aromatic N) is 2. The summed E-state index contributed by atoms with van der Waals surface area (Å²) in [6, 6.07) is 8.76. The molecule has 0 radical (unpaired) electrons. The van der Waals surface area contributed by atoms with Gasteiger partial charge in [-0.05, 0) is 30.4 Å². The van der Waals surface area contributed by atoms with E-state index in [9.17, 15) is 10.1 Å². The number of benzene rings is 1. The average Bonchev–Trinajstić information content (AvgIpc) is 3.07. The van der Waals surface area contributed by atoms with Crippen LogP contribution < -0.4 is 0 Å². The van der Waals surface area contributed by atoms with E-state index in [1.165, 1.54) is 30.4 Å². The third-order valence-electron chi connectivity index (χ3n) is 2.87. The molecule has 0 aliphatic heterocycles. The Morgan fingerprint density at radius 2 is 2.18 bits per heavy atom. The second kappa shape index (κ2) is 3.92. The van der Waals surface area contributed by atoms with Crippen LogP contribution in [0.4, 0.5) is 5.69 Å². The summed E-state index contributed by atoms with van der Waals surface area (Å²) in [6.07, 6.45) is 2.44. The second-order valence-electron chi connectivity index (χ2n) is 4.20. The molecule has 1 aromatic carbocycles. The molecule has 2 aromatic rings. The lowest BCUT2D eigenvalue weighted by atomic mass is 10.1. The predicted molar refractivity (Wildman–Crippen MR) is 66.2 cm³/mol. The molecule has 0 saturated heterocycles. The number of nitro groups is 1. The Balaban J connectivity index is 1.96. The van der Waals surface area contributed by atoms with Crippen molar-refractivity contribution in [3.63, 3.8) is 0 Å². The molecule has 1 heterocycles. The van der Waals surface area contributed by atoms with Gasteiger partial charge in [0.05, 0.1) is 15.5 Å². The Bertz CT molecular complexity index is 575. The molecular weight excluding hydrogens is 236 g/mol. The maximum Gasteiger partial charge on any atom is 0.270 e. The van der Waals surface area contributed by atoms with Crippen molar-refractivity contribution in [1.29, 1.82) is 0 Å². The van der Waals surface area contributed by atoms with E-state index in [1.54, 1.807) is 12.1 Å². The van der Waals surface area contributed by atoms with Crippen LogP contribution in [0.25, 0.3) is 10.4 Å². The highest BCUT2D eigenvalue weighted by molar-refractivity contribution is 7.09. The zero-order chi connectivity index (χ0) is 11.8. The average molecular weight is 246 g/mol. The number of nitro benzene ring substituents is 1. The van der Waals surface area contributed by atoms with E-state index in [2.05, 4.69) is 10.4 Å². The molecule has 4 nitrogen and oxygen atoms in total. The van der Waals surface area contributed by atoms with Crippen molar-refractivity contribution in [1.82, 2.24) is 4.37 Å². The van der Waals surface area contributed by atoms with Crippen LogP contribution in [0, 0.1) is 10.1 Å². The van der Waals surface area contributed by atoms with Gasteiger partial charge in [0.15, 0.2) is 0 Å². The van der Waals surface area contributed by atoms with Gasteiger partial charge in [0.1, 0.15) is 0 Å². The van der Waals surface area contributed by atoms with Gasteiger partial charge in [-0.1, -0.05) is 12.1 Å². The standard InChI is InChI=1S/C12H10N2O2S/c15-14(16)10-3-1-2-9(6-10)12-7-11(13-17-12)8-4-5-8/h1-3,6-8H,4-5H2. The van der Waals surface area contributed by atoms with Gasteiger partial charge in [-0.3, -0.25) is 10.1 Å². The van der Waals surface area contributed by atoms with Crippen molar-refractivity contribution in [2.45, 2.75) is 18.8 Å². The first-order valence-electron chi connectivity index (χ1n) is 5.45. The Hall–Kier alpha value is -1.75. The fourth-order valence-corrected chi connectivity index (χ4v) is 2.58. The van der Waals surface area contributed by atoms with Gasteiger partial charge >= 0.3 is 0 Å². The van der Waals surface area contributed by atoms with E-state index in [-0.39, 0.29) is 10.6 Å². The van der Waals surface area contributed by atoms with Crippen LogP contribution in [0.15, 0.2) is 30.3 Å². The molecule has 0 amide bonds. The first kappa shape index (κ1) is 10.4. The van der Waals surface area contributed by atoms with Crippen LogP contribution in [-0.2, 0) is 0 Å². The number of rotatable bonds is 3. The lowest BCUT2D eigenvalue weighted by molar-refractivity contribution is -0.384. The van der Waals surface area contributed by atoms with Crippen molar-refractivity contribution in [3.05, 3.63) is 46.1 Å². The summed E-state index contributed by atoms with van der Waals surface area (Å²) in [5.74, 6) is 0.624. The molecule has 1 fully saturated rings. The zero-order valence-electron chi connectivity index (χ0n) is 9.00. The third kappa shape index (κ3) is 2.06. The predicted octanol–water partition coefficient (Wildman–Crippen LogP) is 3.60. The molecule has 0 spiro atoms. The van der Waals surface area contributed by atoms with Crippen molar-refractivity contribution >= 4 is 17.2 Å². The number of non-ortho nitro benzene ring substituents is 1. The second-order valence-corrected chi connectivity index (χ2v) is 5.00. The lowest BCUT2D eigenvalue weighted by Gasteiger charge is -1.96. The molecule has 3 rings (SSSR count). The SMILES string of the molecule is O=[N+]([O-])c1cccc(-c2cc(C3CC3)ns2)c1. The van der Waals surface area contributed by atoms with E-state index in [0.29, 0.717) is 5.92 Å². The normalized spacial score (nSPS) is 14.8. The molecule has 0 N–H and O–H groups in total. The zero-order valence-corrected chi connectivity index (χ0v) is 9.81. The Morgan fingerprint density at radius 1 is 1.35 bits per heavy atom. The fraction of sp³-hybridized carbons (Fsp3) is 0.250. The lowest BCUT2D eigenvalue weighted by Crippen LogP contribution is -1.87. The van der Waals surface area contributed by atoms with Gasteiger partial charge in [-0.25, -0.2) is 0 Å². The van der Waals surface area contributed by atoms with Gasteiger partial charge in [0.25, 0.3) is 5.69 Å². The molecule has 86 valence electrons. The van der Waals surface area contributed by atoms with E-state index >= 15 is 0 Å². The first-order valence-corrected chi connectivity index (χ1v) is 6.23. The number of hydrogen-bond acceptors (Lipinski definition) is 4. The van der Waals surface area contributed by atoms with E-state index in [4.69, 9.17) is 0 Å². The molecule has 5 heteroatoms. The quantitative estimate of drug-likeness (QED) is 0.614. The van der Waals surface area contributed by atoms with Crippen molar-refractivity contribution in [2.75, 3.05) is 0 Å². The smallest absolute Gasteiger partial charge is 0.258 e. The minimum absolute atomic E-state index is 0.129. The van der Waals surface area contributed by atoms with Crippen LogP contribution in [0.5, 0.6) is 0 Å². The van der Waals surface area contributed by atoms with E-state index in [0.717, 1.165) is 16.1 Å². The molecule has 17 heavy (non-hydrogen) atoms. The van der Waals surface area contributed by atoms with Crippen molar-refractivity contribution in [2.24, 2.45) is 0 Å². The summed E-state index contributed by atoms with van der Waals surface area (Å²) < 4.78 is 4.40. The van der Waals surface area contributed by atoms with E-state index in [1.807, 2.05) is 6.07 Å². The van der Waals surface area contributed by atoms with Gasteiger partial charge in [-0.15, -0.1) is 0 Å². The topological polar surface area (TPSA) is 56.0 Å². The minimum atomic E-state index is -0.369. The van der Waals surface area contributed by atoms with Crippen molar-refractivity contribution in [3.8, 4) is 10.4 Å².